The highest BCUT2D eigenvalue weighted by atomic mass is 15.2. The van der Waals surface area contributed by atoms with Gasteiger partial charge in [-0.1, -0.05) is 19.9 Å². The molecule has 0 aromatic carbocycles. The molecular weight excluding hydrogens is 246 g/mol. The van der Waals surface area contributed by atoms with Crippen LogP contribution < -0.4 is 10.2 Å². The van der Waals surface area contributed by atoms with E-state index in [1.807, 2.05) is 6.08 Å². The fourth-order valence-corrected chi connectivity index (χ4v) is 2.33. The topological polar surface area (TPSA) is 28.2 Å². The van der Waals surface area contributed by atoms with Crippen LogP contribution in [0.2, 0.25) is 0 Å². The first-order valence-electron chi connectivity index (χ1n) is 7.53. The van der Waals surface area contributed by atoms with E-state index in [1.165, 1.54) is 11.1 Å². The van der Waals surface area contributed by atoms with Gasteiger partial charge in [-0.2, -0.15) is 0 Å². The molecule has 0 amide bonds. The number of nitrogens with zero attached hydrogens (tertiary/aromatic N) is 2. The quantitative estimate of drug-likeness (QED) is 0.736. The minimum Gasteiger partial charge on any atom is -0.353 e. The molecule has 0 saturated heterocycles. The van der Waals surface area contributed by atoms with Crippen LogP contribution in [0.4, 0.5) is 5.82 Å². The Balaban J connectivity index is 3.03. The van der Waals surface area contributed by atoms with E-state index in [0.29, 0.717) is 5.92 Å². The van der Waals surface area contributed by atoms with Gasteiger partial charge < -0.3 is 10.2 Å². The molecule has 1 aromatic heterocycles. The Bertz CT molecular complexity index is 438. The van der Waals surface area contributed by atoms with Crippen molar-refractivity contribution >= 4 is 5.82 Å². The van der Waals surface area contributed by atoms with E-state index in [1.54, 1.807) is 0 Å². The molecule has 0 radical (unpaired) electrons. The molecule has 0 fully saturated rings. The van der Waals surface area contributed by atoms with Crippen LogP contribution in [-0.4, -0.2) is 24.6 Å². The third kappa shape index (κ3) is 4.64. The van der Waals surface area contributed by atoms with E-state index in [4.69, 9.17) is 4.98 Å². The number of anilines is 1. The van der Waals surface area contributed by atoms with Gasteiger partial charge in [-0.15, -0.1) is 6.58 Å². The van der Waals surface area contributed by atoms with E-state index in [9.17, 15) is 0 Å². The average molecular weight is 275 g/mol. The third-order valence-corrected chi connectivity index (χ3v) is 3.34. The Labute approximate surface area is 124 Å². The van der Waals surface area contributed by atoms with E-state index in [2.05, 4.69) is 57.5 Å². The van der Waals surface area contributed by atoms with Crippen molar-refractivity contribution in [3.05, 3.63) is 35.5 Å². The zero-order chi connectivity index (χ0) is 15.1. The standard InChI is InChI=1S/C17H29N3/c1-7-9-20(8-2)17-16(12-18-11-13(3)4)14(5)10-15(6)19-17/h7,10,13,18H,1,8-9,11-12H2,2-6H3. The van der Waals surface area contributed by atoms with Gasteiger partial charge in [-0.25, -0.2) is 4.98 Å². The molecule has 0 bridgehead atoms. The summed E-state index contributed by atoms with van der Waals surface area (Å²) in [5.74, 6) is 1.76. The maximum Gasteiger partial charge on any atom is 0.133 e. The normalized spacial score (nSPS) is 10.9. The number of rotatable bonds is 8. The second-order valence-corrected chi connectivity index (χ2v) is 5.73. The Kier molecular flexibility index (Phi) is 6.73. The molecule has 1 rings (SSSR count). The summed E-state index contributed by atoms with van der Waals surface area (Å²) in [7, 11) is 0. The van der Waals surface area contributed by atoms with Gasteiger partial charge >= 0.3 is 0 Å². The first kappa shape index (κ1) is 16.7. The first-order valence-corrected chi connectivity index (χ1v) is 7.53. The Morgan fingerprint density at radius 1 is 1.40 bits per heavy atom. The summed E-state index contributed by atoms with van der Waals surface area (Å²) in [5.41, 5.74) is 3.69. The number of aromatic nitrogens is 1. The highest BCUT2D eigenvalue weighted by Gasteiger charge is 2.13. The molecule has 0 spiro atoms. The molecule has 20 heavy (non-hydrogen) atoms. The summed E-state index contributed by atoms with van der Waals surface area (Å²) >= 11 is 0. The molecule has 0 unspecified atom stereocenters. The predicted octanol–water partition coefficient (Wildman–Crippen LogP) is 3.46. The van der Waals surface area contributed by atoms with Crippen LogP contribution in [0.15, 0.2) is 18.7 Å². The Morgan fingerprint density at radius 2 is 2.10 bits per heavy atom. The monoisotopic (exact) mass is 275 g/mol. The van der Waals surface area contributed by atoms with E-state index < -0.39 is 0 Å². The van der Waals surface area contributed by atoms with Crippen LogP contribution in [0, 0.1) is 19.8 Å². The zero-order valence-corrected chi connectivity index (χ0v) is 13.7. The highest BCUT2D eigenvalue weighted by molar-refractivity contribution is 5.52. The lowest BCUT2D eigenvalue weighted by atomic mass is 10.1. The molecule has 0 atom stereocenters. The van der Waals surface area contributed by atoms with Crippen LogP contribution in [0.1, 0.15) is 37.6 Å². The van der Waals surface area contributed by atoms with Crippen molar-refractivity contribution < 1.29 is 0 Å². The molecule has 1 heterocycles. The average Bonchev–Trinajstić information content (AvgIpc) is 2.37. The molecule has 1 N–H and O–H groups in total. The van der Waals surface area contributed by atoms with Crippen molar-refractivity contribution in [2.45, 2.75) is 41.2 Å². The van der Waals surface area contributed by atoms with Crippen molar-refractivity contribution in [2.75, 3.05) is 24.5 Å². The van der Waals surface area contributed by atoms with Gasteiger partial charge in [0.15, 0.2) is 0 Å². The zero-order valence-electron chi connectivity index (χ0n) is 13.7. The minimum atomic E-state index is 0.660. The second-order valence-electron chi connectivity index (χ2n) is 5.73. The Morgan fingerprint density at radius 3 is 2.65 bits per heavy atom. The highest BCUT2D eigenvalue weighted by Crippen LogP contribution is 2.22. The predicted molar refractivity (Wildman–Crippen MR) is 88.3 cm³/mol. The lowest BCUT2D eigenvalue weighted by Gasteiger charge is -2.25. The van der Waals surface area contributed by atoms with E-state index in [-0.39, 0.29) is 0 Å². The van der Waals surface area contributed by atoms with Crippen molar-refractivity contribution in [3.8, 4) is 0 Å². The molecule has 112 valence electrons. The summed E-state index contributed by atoms with van der Waals surface area (Å²) in [5, 5.41) is 3.53. The molecule has 0 saturated carbocycles. The summed E-state index contributed by atoms with van der Waals surface area (Å²) in [6.45, 7) is 18.4. The summed E-state index contributed by atoms with van der Waals surface area (Å²) in [6.07, 6.45) is 1.94. The molecular formula is C17H29N3. The van der Waals surface area contributed by atoms with Gasteiger partial charge in [0.25, 0.3) is 0 Å². The second kappa shape index (κ2) is 8.05. The van der Waals surface area contributed by atoms with Crippen LogP contribution in [0.3, 0.4) is 0 Å². The third-order valence-electron chi connectivity index (χ3n) is 3.34. The van der Waals surface area contributed by atoms with Gasteiger partial charge in [0, 0.05) is 30.9 Å². The smallest absolute Gasteiger partial charge is 0.133 e. The fourth-order valence-electron chi connectivity index (χ4n) is 2.33. The molecule has 3 nitrogen and oxygen atoms in total. The summed E-state index contributed by atoms with van der Waals surface area (Å²) < 4.78 is 0. The van der Waals surface area contributed by atoms with Crippen molar-refractivity contribution in [1.29, 1.82) is 0 Å². The molecule has 3 heteroatoms. The molecule has 0 aliphatic carbocycles. The van der Waals surface area contributed by atoms with Crippen LogP contribution in [0.5, 0.6) is 0 Å². The maximum atomic E-state index is 4.76. The van der Waals surface area contributed by atoms with E-state index in [0.717, 1.165) is 37.7 Å². The SMILES string of the molecule is C=CCN(CC)c1nc(C)cc(C)c1CNCC(C)C. The minimum absolute atomic E-state index is 0.660. The van der Waals surface area contributed by atoms with E-state index >= 15 is 0 Å². The van der Waals surface area contributed by atoms with Crippen LogP contribution in [0.25, 0.3) is 0 Å². The van der Waals surface area contributed by atoms with Gasteiger partial charge in [-0.05, 0) is 44.9 Å². The maximum absolute atomic E-state index is 4.76. The summed E-state index contributed by atoms with van der Waals surface area (Å²) in [4.78, 5) is 7.04. The van der Waals surface area contributed by atoms with Crippen LogP contribution in [-0.2, 0) is 6.54 Å². The molecule has 0 aliphatic rings. The lowest BCUT2D eigenvalue weighted by Crippen LogP contribution is -2.28. The molecule has 0 aliphatic heterocycles. The van der Waals surface area contributed by atoms with Crippen molar-refractivity contribution in [2.24, 2.45) is 5.92 Å². The number of hydrogen-bond donors (Lipinski definition) is 1. The number of pyridine rings is 1. The fraction of sp³-hybridized carbons (Fsp3) is 0.588. The first-order chi connectivity index (χ1) is 9.49. The molecule has 1 aromatic rings. The number of hydrogen-bond acceptors (Lipinski definition) is 3. The van der Waals surface area contributed by atoms with Crippen molar-refractivity contribution in [1.82, 2.24) is 10.3 Å². The Hall–Kier alpha value is -1.35. The van der Waals surface area contributed by atoms with Gasteiger partial charge in [0.2, 0.25) is 0 Å². The lowest BCUT2D eigenvalue weighted by molar-refractivity contribution is 0.550. The number of aryl methyl sites for hydroxylation is 2. The van der Waals surface area contributed by atoms with Crippen molar-refractivity contribution in [3.63, 3.8) is 0 Å². The van der Waals surface area contributed by atoms with Gasteiger partial charge in [-0.3, -0.25) is 0 Å². The largest absolute Gasteiger partial charge is 0.353 e. The van der Waals surface area contributed by atoms with Gasteiger partial charge in [0.05, 0.1) is 0 Å². The summed E-state index contributed by atoms with van der Waals surface area (Å²) in [6, 6.07) is 2.16. The van der Waals surface area contributed by atoms with Gasteiger partial charge in [0.1, 0.15) is 5.82 Å². The number of likely N-dealkylation sites (N-methyl/N-ethyl adjacent to an activating group) is 1. The number of nitrogens with one attached hydrogen (secondary N) is 1. The van der Waals surface area contributed by atoms with Crippen LogP contribution >= 0.6 is 0 Å².